The summed E-state index contributed by atoms with van der Waals surface area (Å²) in [6.07, 6.45) is -0.783. The molecule has 3 unspecified atom stereocenters. The van der Waals surface area contributed by atoms with Gasteiger partial charge in [0, 0.05) is 5.92 Å². The summed E-state index contributed by atoms with van der Waals surface area (Å²) in [7, 11) is -4.44. The lowest BCUT2D eigenvalue weighted by atomic mass is 9.79. The van der Waals surface area contributed by atoms with Crippen LogP contribution in [0.15, 0.2) is 0 Å². The predicted octanol–water partition coefficient (Wildman–Crippen LogP) is 1.86. The Bertz CT molecular complexity index is 380. The Morgan fingerprint density at radius 2 is 1.74 bits per heavy atom. The van der Waals surface area contributed by atoms with Gasteiger partial charge in [-0.2, -0.15) is 8.42 Å². The minimum atomic E-state index is -4.44. The summed E-state index contributed by atoms with van der Waals surface area (Å²) in [5.41, 5.74) is 0. The zero-order chi connectivity index (χ0) is 14.8. The van der Waals surface area contributed by atoms with Crippen LogP contribution in [0.4, 0.5) is 0 Å². The van der Waals surface area contributed by atoms with Gasteiger partial charge in [0.25, 0.3) is 0 Å². The van der Waals surface area contributed by atoms with E-state index < -0.39 is 16.5 Å². The third-order valence-electron chi connectivity index (χ3n) is 3.77. The van der Waals surface area contributed by atoms with Crippen LogP contribution in [0.1, 0.15) is 34.6 Å². The summed E-state index contributed by atoms with van der Waals surface area (Å²) in [6.45, 7) is 9.74. The van der Waals surface area contributed by atoms with Crippen molar-refractivity contribution in [3.05, 3.63) is 0 Å². The third kappa shape index (κ3) is 5.00. The van der Waals surface area contributed by atoms with Gasteiger partial charge in [0.1, 0.15) is 0 Å². The molecule has 6 nitrogen and oxygen atoms in total. The molecule has 7 heteroatoms. The lowest BCUT2D eigenvalue weighted by molar-refractivity contribution is -0.263. The van der Waals surface area contributed by atoms with Crippen LogP contribution in [0.3, 0.4) is 0 Å². The van der Waals surface area contributed by atoms with Crippen LogP contribution in [-0.2, 0) is 24.1 Å². The second-order valence-electron chi connectivity index (χ2n) is 5.52. The molecule has 1 aliphatic rings. The molecular weight excluding hydrogens is 272 g/mol. The molecule has 0 aromatic carbocycles. The fourth-order valence-corrected chi connectivity index (χ4v) is 2.56. The molecule has 0 saturated carbocycles. The van der Waals surface area contributed by atoms with Gasteiger partial charge in [0.05, 0.1) is 18.8 Å². The normalized spacial score (nSPS) is 36.7. The number of ether oxygens (including phenoxy) is 2. The highest BCUT2D eigenvalue weighted by Crippen LogP contribution is 2.36. The van der Waals surface area contributed by atoms with Crippen molar-refractivity contribution in [2.75, 3.05) is 6.61 Å². The van der Waals surface area contributed by atoms with E-state index in [-0.39, 0.29) is 30.8 Å². The highest BCUT2D eigenvalue weighted by molar-refractivity contribution is 7.80. The van der Waals surface area contributed by atoms with E-state index in [1.54, 1.807) is 0 Å². The van der Waals surface area contributed by atoms with Crippen molar-refractivity contribution >= 4 is 10.4 Å². The van der Waals surface area contributed by atoms with Gasteiger partial charge in [-0.25, -0.2) is 4.18 Å². The molecule has 0 amide bonds. The number of hydrogen-bond donors (Lipinski definition) is 1. The largest absolute Gasteiger partial charge is 0.397 e. The fourth-order valence-electron chi connectivity index (χ4n) is 2.25. The molecule has 0 aliphatic carbocycles. The molecule has 0 spiro atoms. The van der Waals surface area contributed by atoms with Crippen molar-refractivity contribution < 1.29 is 26.6 Å². The maximum absolute atomic E-state index is 10.6. The zero-order valence-electron chi connectivity index (χ0n) is 12.1. The van der Waals surface area contributed by atoms with Gasteiger partial charge in [-0.1, -0.05) is 20.8 Å². The Labute approximate surface area is 115 Å². The first-order chi connectivity index (χ1) is 8.61. The number of hydrogen-bond acceptors (Lipinski definition) is 5. The third-order valence-corrected chi connectivity index (χ3v) is 4.20. The Hall–Kier alpha value is -0.210. The van der Waals surface area contributed by atoms with Crippen LogP contribution in [-0.4, -0.2) is 38.1 Å². The molecule has 5 atom stereocenters. The van der Waals surface area contributed by atoms with Crippen molar-refractivity contribution in [1.29, 1.82) is 0 Å². The Balaban J connectivity index is 2.70. The SMILES string of the molecule is CC(C)O[C@@H]1OC(COS(=O)(=O)O)[C@@H](C)C(C)C1C. The smallest absolute Gasteiger partial charge is 0.350 e. The average molecular weight is 296 g/mol. The summed E-state index contributed by atoms with van der Waals surface area (Å²) >= 11 is 0. The molecule has 1 saturated heterocycles. The first-order valence-electron chi connectivity index (χ1n) is 6.54. The molecule has 1 heterocycles. The molecule has 1 N–H and O–H groups in total. The van der Waals surface area contributed by atoms with Gasteiger partial charge >= 0.3 is 10.4 Å². The summed E-state index contributed by atoms with van der Waals surface area (Å²) < 4.78 is 45.8. The summed E-state index contributed by atoms with van der Waals surface area (Å²) in [5, 5.41) is 0. The topological polar surface area (TPSA) is 82.1 Å². The molecule has 0 bridgehead atoms. The van der Waals surface area contributed by atoms with Crippen molar-refractivity contribution in [3.8, 4) is 0 Å². The molecule has 1 aliphatic heterocycles. The average Bonchev–Trinajstić information content (AvgIpc) is 2.26. The van der Waals surface area contributed by atoms with Gasteiger partial charge in [-0.15, -0.1) is 0 Å². The van der Waals surface area contributed by atoms with Gasteiger partial charge in [-0.3, -0.25) is 4.55 Å². The molecule has 19 heavy (non-hydrogen) atoms. The zero-order valence-corrected chi connectivity index (χ0v) is 12.9. The molecule has 0 aromatic rings. The Morgan fingerprint density at radius 3 is 2.21 bits per heavy atom. The standard InChI is InChI=1S/C12H24O6S/c1-7(2)17-12-10(5)8(3)9(4)11(18-12)6-16-19(13,14)15/h7-12H,6H2,1-5H3,(H,13,14,15)/t8?,9-,10?,11?,12+/m0/s1. The van der Waals surface area contributed by atoms with Crippen molar-refractivity contribution in [3.63, 3.8) is 0 Å². The first kappa shape index (κ1) is 16.8. The monoisotopic (exact) mass is 296 g/mol. The van der Waals surface area contributed by atoms with Gasteiger partial charge in [-0.05, 0) is 25.7 Å². The van der Waals surface area contributed by atoms with E-state index in [2.05, 4.69) is 11.1 Å². The van der Waals surface area contributed by atoms with Crippen LogP contribution in [0.2, 0.25) is 0 Å². The molecule has 114 valence electrons. The van der Waals surface area contributed by atoms with Crippen LogP contribution in [0, 0.1) is 17.8 Å². The molecule has 0 radical (unpaired) electrons. The Kier molecular flexibility index (Phi) is 5.76. The van der Waals surface area contributed by atoms with Crippen molar-refractivity contribution in [2.45, 2.75) is 53.1 Å². The minimum Gasteiger partial charge on any atom is -0.350 e. The maximum Gasteiger partial charge on any atom is 0.397 e. The lowest BCUT2D eigenvalue weighted by Crippen LogP contribution is -2.48. The fraction of sp³-hybridized carbons (Fsp3) is 1.00. The Morgan fingerprint density at radius 1 is 1.16 bits per heavy atom. The summed E-state index contributed by atoms with van der Waals surface area (Å²) in [4.78, 5) is 0. The predicted molar refractivity (Wildman–Crippen MR) is 69.9 cm³/mol. The van der Waals surface area contributed by atoms with Crippen LogP contribution >= 0.6 is 0 Å². The van der Waals surface area contributed by atoms with Crippen molar-refractivity contribution in [2.24, 2.45) is 17.8 Å². The van der Waals surface area contributed by atoms with Gasteiger partial charge in [0.2, 0.25) is 0 Å². The summed E-state index contributed by atoms with van der Waals surface area (Å²) in [6, 6.07) is 0. The minimum absolute atomic E-state index is 0.0243. The van der Waals surface area contributed by atoms with Gasteiger partial charge in [0.15, 0.2) is 6.29 Å². The van der Waals surface area contributed by atoms with E-state index in [4.69, 9.17) is 14.0 Å². The molecule has 0 aromatic heterocycles. The van der Waals surface area contributed by atoms with E-state index in [9.17, 15) is 8.42 Å². The van der Waals surface area contributed by atoms with Crippen LogP contribution in [0.25, 0.3) is 0 Å². The van der Waals surface area contributed by atoms with Crippen LogP contribution < -0.4 is 0 Å². The highest BCUT2D eigenvalue weighted by atomic mass is 32.3. The van der Waals surface area contributed by atoms with Crippen LogP contribution in [0.5, 0.6) is 0 Å². The van der Waals surface area contributed by atoms with E-state index in [1.165, 1.54) is 0 Å². The lowest BCUT2D eigenvalue weighted by Gasteiger charge is -2.43. The molecular formula is C12H24O6S. The molecule has 1 fully saturated rings. The van der Waals surface area contributed by atoms with E-state index in [0.29, 0.717) is 5.92 Å². The van der Waals surface area contributed by atoms with Crippen molar-refractivity contribution in [1.82, 2.24) is 0 Å². The second-order valence-corrected chi connectivity index (χ2v) is 6.61. The first-order valence-corrected chi connectivity index (χ1v) is 7.91. The highest BCUT2D eigenvalue weighted by Gasteiger charge is 2.40. The second kappa shape index (κ2) is 6.49. The summed E-state index contributed by atoms with van der Waals surface area (Å²) in [5.74, 6) is 0.621. The van der Waals surface area contributed by atoms with Gasteiger partial charge < -0.3 is 9.47 Å². The molecule has 1 rings (SSSR count). The van der Waals surface area contributed by atoms with E-state index in [1.807, 2.05) is 27.7 Å². The number of rotatable bonds is 5. The maximum atomic E-state index is 10.6. The van der Waals surface area contributed by atoms with E-state index >= 15 is 0 Å². The van der Waals surface area contributed by atoms with E-state index in [0.717, 1.165) is 0 Å². The quantitative estimate of drug-likeness (QED) is 0.780.